The number of phenolic OH excluding ortho intramolecular Hbond substituents is 1. The first-order valence-electron chi connectivity index (χ1n) is 5.82. The quantitative estimate of drug-likeness (QED) is 0.768. The van der Waals surface area contributed by atoms with E-state index >= 15 is 0 Å². The summed E-state index contributed by atoms with van der Waals surface area (Å²) in [6.07, 6.45) is 0. The van der Waals surface area contributed by atoms with Crippen molar-refractivity contribution in [2.24, 2.45) is 0 Å². The van der Waals surface area contributed by atoms with Gasteiger partial charge in [0.2, 0.25) is 0 Å². The lowest BCUT2D eigenvalue weighted by molar-refractivity contribution is 0.478. The highest BCUT2D eigenvalue weighted by Gasteiger charge is 2.01. The molecule has 2 aromatic carbocycles. The number of aromatic hydroxyl groups is 1. The van der Waals surface area contributed by atoms with Gasteiger partial charge in [-0.15, -0.1) is 0 Å². The van der Waals surface area contributed by atoms with Gasteiger partial charge < -0.3 is 10.4 Å². The summed E-state index contributed by atoms with van der Waals surface area (Å²) in [6, 6.07) is 15.5. The van der Waals surface area contributed by atoms with E-state index in [0.29, 0.717) is 5.92 Å². The van der Waals surface area contributed by atoms with E-state index in [1.165, 1.54) is 5.56 Å². The van der Waals surface area contributed by atoms with Gasteiger partial charge in [0.1, 0.15) is 5.75 Å². The number of anilines is 2. The van der Waals surface area contributed by atoms with Crippen molar-refractivity contribution in [2.45, 2.75) is 19.8 Å². The molecule has 0 unspecified atom stereocenters. The fourth-order valence-corrected chi connectivity index (χ4v) is 1.69. The number of nitrogens with one attached hydrogen (secondary N) is 1. The summed E-state index contributed by atoms with van der Waals surface area (Å²) in [6.45, 7) is 4.34. The molecule has 0 saturated heterocycles. The average Bonchev–Trinajstić information content (AvgIpc) is 2.33. The molecule has 2 aromatic rings. The van der Waals surface area contributed by atoms with E-state index in [4.69, 9.17) is 0 Å². The Morgan fingerprint density at radius 1 is 0.941 bits per heavy atom. The summed E-state index contributed by atoms with van der Waals surface area (Å²) in [7, 11) is 0. The molecule has 0 aromatic heterocycles. The summed E-state index contributed by atoms with van der Waals surface area (Å²) >= 11 is 0. The Morgan fingerprint density at radius 2 is 1.59 bits per heavy atom. The average molecular weight is 227 g/mol. The molecule has 0 spiro atoms. The molecule has 0 bridgehead atoms. The predicted octanol–water partition coefficient (Wildman–Crippen LogP) is 4.26. The lowest BCUT2D eigenvalue weighted by atomic mass is 10.0. The maximum absolute atomic E-state index is 9.65. The standard InChI is InChI=1S/C15H17NO/c1-11(2)12-7-9-13(10-8-12)16-14-5-3-4-6-15(14)17/h3-11,16-17H,1-2H3. The fourth-order valence-electron chi connectivity index (χ4n) is 1.69. The summed E-state index contributed by atoms with van der Waals surface area (Å²) in [5, 5.41) is 12.8. The summed E-state index contributed by atoms with van der Waals surface area (Å²) in [4.78, 5) is 0. The van der Waals surface area contributed by atoms with Crippen LogP contribution in [0.2, 0.25) is 0 Å². The highest BCUT2D eigenvalue weighted by Crippen LogP contribution is 2.26. The highest BCUT2D eigenvalue weighted by molar-refractivity contribution is 5.65. The van der Waals surface area contributed by atoms with Gasteiger partial charge in [-0.3, -0.25) is 0 Å². The van der Waals surface area contributed by atoms with E-state index in [1.807, 2.05) is 30.3 Å². The molecule has 17 heavy (non-hydrogen) atoms. The van der Waals surface area contributed by atoms with E-state index in [0.717, 1.165) is 11.4 Å². The largest absolute Gasteiger partial charge is 0.506 e. The van der Waals surface area contributed by atoms with Crippen molar-refractivity contribution in [2.75, 3.05) is 5.32 Å². The van der Waals surface area contributed by atoms with Crippen LogP contribution in [0.3, 0.4) is 0 Å². The fraction of sp³-hybridized carbons (Fsp3) is 0.200. The van der Waals surface area contributed by atoms with Crippen LogP contribution in [-0.2, 0) is 0 Å². The molecule has 88 valence electrons. The number of benzene rings is 2. The van der Waals surface area contributed by atoms with Gasteiger partial charge in [-0.1, -0.05) is 38.1 Å². The van der Waals surface area contributed by atoms with Gasteiger partial charge in [-0.25, -0.2) is 0 Å². The van der Waals surface area contributed by atoms with Crippen molar-refractivity contribution in [3.8, 4) is 5.75 Å². The van der Waals surface area contributed by atoms with Crippen LogP contribution in [0, 0.1) is 0 Å². The minimum atomic E-state index is 0.264. The zero-order valence-electron chi connectivity index (χ0n) is 10.1. The van der Waals surface area contributed by atoms with Crippen LogP contribution in [0.15, 0.2) is 48.5 Å². The van der Waals surface area contributed by atoms with Crippen LogP contribution in [0.5, 0.6) is 5.75 Å². The van der Waals surface area contributed by atoms with Gasteiger partial charge in [-0.05, 0) is 35.7 Å². The molecule has 0 heterocycles. The molecular weight excluding hydrogens is 210 g/mol. The molecule has 0 amide bonds. The highest BCUT2D eigenvalue weighted by atomic mass is 16.3. The third kappa shape index (κ3) is 2.78. The van der Waals surface area contributed by atoms with E-state index in [2.05, 4.69) is 31.3 Å². The van der Waals surface area contributed by atoms with E-state index in [9.17, 15) is 5.11 Å². The summed E-state index contributed by atoms with van der Waals surface area (Å²) < 4.78 is 0. The van der Waals surface area contributed by atoms with Gasteiger partial charge in [0.15, 0.2) is 0 Å². The molecule has 0 radical (unpaired) electrons. The van der Waals surface area contributed by atoms with Crippen molar-refractivity contribution >= 4 is 11.4 Å². The second-order valence-corrected chi connectivity index (χ2v) is 4.42. The van der Waals surface area contributed by atoms with E-state index in [-0.39, 0.29) is 5.75 Å². The molecule has 0 atom stereocenters. The van der Waals surface area contributed by atoms with Crippen LogP contribution in [0.1, 0.15) is 25.3 Å². The molecule has 0 aliphatic heterocycles. The van der Waals surface area contributed by atoms with Crippen molar-refractivity contribution in [1.29, 1.82) is 0 Å². The summed E-state index contributed by atoms with van der Waals surface area (Å²) in [5.41, 5.74) is 3.02. The molecule has 0 aliphatic rings. The zero-order chi connectivity index (χ0) is 12.3. The van der Waals surface area contributed by atoms with Crippen LogP contribution in [-0.4, -0.2) is 5.11 Å². The van der Waals surface area contributed by atoms with Gasteiger partial charge in [-0.2, -0.15) is 0 Å². The minimum absolute atomic E-state index is 0.264. The third-order valence-electron chi connectivity index (χ3n) is 2.76. The molecule has 0 aliphatic carbocycles. The number of hydrogen-bond donors (Lipinski definition) is 2. The first-order chi connectivity index (χ1) is 8.16. The van der Waals surface area contributed by atoms with Crippen molar-refractivity contribution in [3.63, 3.8) is 0 Å². The second-order valence-electron chi connectivity index (χ2n) is 4.42. The molecule has 0 saturated carbocycles. The topological polar surface area (TPSA) is 32.3 Å². The lowest BCUT2D eigenvalue weighted by Crippen LogP contribution is -1.92. The maximum Gasteiger partial charge on any atom is 0.139 e. The van der Waals surface area contributed by atoms with Gasteiger partial charge >= 0.3 is 0 Å². The molecule has 2 heteroatoms. The number of phenols is 1. The Balaban J connectivity index is 2.17. The first-order valence-corrected chi connectivity index (χ1v) is 5.82. The SMILES string of the molecule is CC(C)c1ccc(Nc2ccccc2O)cc1. The summed E-state index contributed by atoms with van der Waals surface area (Å²) in [5.74, 6) is 0.801. The van der Waals surface area contributed by atoms with Gasteiger partial charge in [0, 0.05) is 5.69 Å². The lowest BCUT2D eigenvalue weighted by Gasteiger charge is -2.10. The molecule has 2 nitrogen and oxygen atoms in total. The minimum Gasteiger partial charge on any atom is -0.506 e. The van der Waals surface area contributed by atoms with E-state index < -0.39 is 0 Å². The Bertz CT molecular complexity index is 489. The van der Waals surface area contributed by atoms with Crippen LogP contribution in [0.25, 0.3) is 0 Å². The van der Waals surface area contributed by atoms with Crippen molar-refractivity contribution in [1.82, 2.24) is 0 Å². The molecule has 2 rings (SSSR count). The molecule has 0 fully saturated rings. The van der Waals surface area contributed by atoms with Crippen molar-refractivity contribution < 1.29 is 5.11 Å². The second kappa shape index (κ2) is 4.91. The number of para-hydroxylation sites is 2. The normalized spacial score (nSPS) is 10.5. The Kier molecular flexibility index (Phi) is 3.33. The zero-order valence-corrected chi connectivity index (χ0v) is 10.1. The monoisotopic (exact) mass is 227 g/mol. The Hall–Kier alpha value is -1.96. The molecule has 2 N–H and O–H groups in total. The predicted molar refractivity (Wildman–Crippen MR) is 71.9 cm³/mol. The van der Waals surface area contributed by atoms with Gasteiger partial charge in [0.05, 0.1) is 5.69 Å². The number of rotatable bonds is 3. The Morgan fingerprint density at radius 3 is 2.18 bits per heavy atom. The van der Waals surface area contributed by atoms with Crippen LogP contribution in [0.4, 0.5) is 11.4 Å². The number of hydrogen-bond acceptors (Lipinski definition) is 2. The Labute approximate surface area is 102 Å². The first kappa shape index (κ1) is 11.5. The third-order valence-corrected chi connectivity index (χ3v) is 2.76. The maximum atomic E-state index is 9.65. The van der Waals surface area contributed by atoms with Crippen molar-refractivity contribution in [3.05, 3.63) is 54.1 Å². The smallest absolute Gasteiger partial charge is 0.139 e. The molecular formula is C15H17NO. The van der Waals surface area contributed by atoms with E-state index in [1.54, 1.807) is 6.07 Å². The van der Waals surface area contributed by atoms with Gasteiger partial charge in [0.25, 0.3) is 0 Å². The van der Waals surface area contributed by atoms with Crippen LogP contribution < -0.4 is 5.32 Å². The van der Waals surface area contributed by atoms with Crippen LogP contribution >= 0.6 is 0 Å².